The number of nitrogen functional groups attached to an aromatic ring is 1. The molecule has 0 unspecified atom stereocenters. The third-order valence-electron chi connectivity index (χ3n) is 3.74. The van der Waals surface area contributed by atoms with E-state index in [9.17, 15) is 8.42 Å². The molecular formula is C14H22N2O2S2. The van der Waals surface area contributed by atoms with E-state index in [1.54, 1.807) is 11.2 Å². The van der Waals surface area contributed by atoms with Crippen LogP contribution in [0.3, 0.4) is 0 Å². The summed E-state index contributed by atoms with van der Waals surface area (Å²) in [6.45, 7) is 6.74. The van der Waals surface area contributed by atoms with Crippen LogP contribution in [0.15, 0.2) is 11.0 Å². The van der Waals surface area contributed by atoms with Crippen molar-refractivity contribution in [2.75, 3.05) is 30.3 Å². The van der Waals surface area contributed by atoms with Crippen LogP contribution in [-0.2, 0) is 10.0 Å². The first-order valence-electron chi connectivity index (χ1n) is 6.80. The maximum absolute atomic E-state index is 12.9. The molecule has 0 saturated carbocycles. The number of anilines is 1. The molecule has 0 amide bonds. The summed E-state index contributed by atoms with van der Waals surface area (Å²) < 4.78 is 27.4. The number of rotatable bonds is 2. The van der Waals surface area contributed by atoms with Gasteiger partial charge in [0.15, 0.2) is 0 Å². The molecule has 1 aliphatic heterocycles. The van der Waals surface area contributed by atoms with Crippen molar-refractivity contribution in [1.82, 2.24) is 4.31 Å². The molecule has 0 bridgehead atoms. The Bertz CT molecular complexity index is 604. The fourth-order valence-corrected chi connectivity index (χ4v) is 5.60. The number of hydrogen-bond acceptors (Lipinski definition) is 4. The van der Waals surface area contributed by atoms with Gasteiger partial charge in [0.2, 0.25) is 10.0 Å². The van der Waals surface area contributed by atoms with Crippen LogP contribution in [0.1, 0.15) is 23.1 Å². The average Bonchev–Trinajstić information content (AvgIpc) is 2.65. The molecule has 20 heavy (non-hydrogen) atoms. The molecule has 0 aromatic heterocycles. The highest BCUT2D eigenvalue weighted by Crippen LogP contribution is 2.31. The van der Waals surface area contributed by atoms with Gasteiger partial charge in [-0.25, -0.2) is 8.42 Å². The molecule has 2 rings (SSSR count). The van der Waals surface area contributed by atoms with Crippen molar-refractivity contribution in [2.45, 2.75) is 32.1 Å². The number of nitrogens with zero attached hydrogens (tertiary/aromatic N) is 1. The predicted octanol–water partition coefficient (Wildman–Crippen LogP) is 2.32. The second-order valence-electron chi connectivity index (χ2n) is 5.25. The van der Waals surface area contributed by atoms with E-state index in [0.717, 1.165) is 29.1 Å². The number of hydrogen-bond donors (Lipinski definition) is 1. The van der Waals surface area contributed by atoms with Gasteiger partial charge in [-0.15, -0.1) is 0 Å². The van der Waals surface area contributed by atoms with Crippen LogP contribution in [-0.4, -0.2) is 37.3 Å². The van der Waals surface area contributed by atoms with Crippen molar-refractivity contribution in [3.05, 3.63) is 22.8 Å². The van der Waals surface area contributed by atoms with Gasteiger partial charge in [-0.2, -0.15) is 16.1 Å². The molecule has 1 aromatic carbocycles. The zero-order valence-electron chi connectivity index (χ0n) is 12.3. The van der Waals surface area contributed by atoms with Crippen molar-refractivity contribution < 1.29 is 8.42 Å². The predicted molar refractivity (Wildman–Crippen MR) is 85.8 cm³/mol. The Labute approximate surface area is 125 Å². The molecule has 0 aliphatic carbocycles. The van der Waals surface area contributed by atoms with Gasteiger partial charge in [0.25, 0.3) is 0 Å². The van der Waals surface area contributed by atoms with Crippen molar-refractivity contribution in [3.8, 4) is 0 Å². The zero-order chi connectivity index (χ0) is 14.9. The molecule has 0 atom stereocenters. The van der Waals surface area contributed by atoms with Gasteiger partial charge in [-0.3, -0.25) is 0 Å². The Morgan fingerprint density at radius 3 is 2.55 bits per heavy atom. The first-order valence-corrected chi connectivity index (χ1v) is 9.39. The van der Waals surface area contributed by atoms with Gasteiger partial charge in [-0.1, -0.05) is 6.07 Å². The fourth-order valence-electron chi connectivity index (χ4n) is 2.67. The van der Waals surface area contributed by atoms with Gasteiger partial charge in [0.1, 0.15) is 0 Å². The Morgan fingerprint density at radius 1 is 1.15 bits per heavy atom. The van der Waals surface area contributed by atoms with E-state index in [4.69, 9.17) is 5.73 Å². The Kier molecular flexibility index (Phi) is 4.66. The van der Waals surface area contributed by atoms with Crippen LogP contribution >= 0.6 is 11.8 Å². The summed E-state index contributed by atoms with van der Waals surface area (Å²) in [6.07, 6.45) is 0.906. The van der Waals surface area contributed by atoms with Crippen LogP contribution in [0.25, 0.3) is 0 Å². The van der Waals surface area contributed by atoms with Gasteiger partial charge in [-0.05, 0) is 49.6 Å². The quantitative estimate of drug-likeness (QED) is 0.851. The average molecular weight is 314 g/mol. The monoisotopic (exact) mass is 314 g/mol. The maximum Gasteiger partial charge on any atom is 0.243 e. The maximum atomic E-state index is 12.9. The van der Waals surface area contributed by atoms with Crippen molar-refractivity contribution in [1.29, 1.82) is 0 Å². The third kappa shape index (κ3) is 2.82. The third-order valence-corrected chi connectivity index (χ3v) is 6.98. The number of sulfonamides is 1. The summed E-state index contributed by atoms with van der Waals surface area (Å²) in [5.41, 5.74) is 9.00. The van der Waals surface area contributed by atoms with Crippen molar-refractivity contribution in [2.24, 2.45) is 0 Å². The van der Waals surface area contributed by atoms with E-state index in [-0.39, 0.29) is 0 Å². The van der Waals surface area contributed by atoms with Crippen LogP contribution in [0.4, 0.5) is 5.69 Å². The summed E-state index contributed by atoms with van der Waals surface area (Å²) in [6, 6.07) is 1.86. The van der Waals surface area contributed by atoms with Crippen LogP contribution in [0.5, 0.6) is 0 Å². The molecule has 1 aliphatic rings. The minimum atomic E-state index is -3.45. The Balaban J connectivity index is 2.51. The minimum Gasteiger partial charge on any atom is -0.398 e. The Morgan fingerprint density at radius 2 is 1.85 bits per heavy atom. The lowest BCUT2D eigenvalue weighted by molar-refractivity contribution is 0.434. The van der Waals surface area contributed by atoms with Crippen molar-refractivity contribution >= 4 is 27.5 Å². The van der Waals surface area contributed by atoms with Crippen LogP contribution in [0, 0.1) is 20.8 Å². The van der Waals surface area contributed by atoms with E-state index in [1.807, 2.05) is 31.7 Å². The summed E-state index contributed by atoms with van der Waals surface area (Å²) in [5.74, 6) is 1.89. The lowest BCUT2D eigenvalue weighted by Crippen LogP contribution is -2.34. The zero-order valence-corrected chi connectivity index (χ0v) is 13.9. The van der Waals surface area contributed by atoms with Gasteiger partial charge in [0.05, 0.1) is 4.90 Å². The van der Waals surface area contributed by atoms with Gasteiger partial charge in [0, 0.05) is 24.5 Å². The number of benzene rings is 1. The van der Waals surface area contributed by atoms with E-state index < -0.39 is 10.0 Å². The lowest BCUT2D eigenvalue weighted by Gasteiger charge is -2.23. The first-order chi connectivity index (χ1) is 9.35. The summed E-state index contributed by atoms with van der Waals surface area (Å²) >= 11 is 1.81. The lowest BCUT2D eigenvalue weighted by atomic mass is 10.1. The molecule has 6 heteroatoms. The van der Waals surface area contributed by atoms with Crippen LogP contribution < -0.4 is 5.73 Å². The van der Waals surface area contributed by atoms with E-state index in [2.05, 4.69) is 0 Å². The minimum absolute atomic E-state index is 0.396. The highest BCUT2D eigenvalue weighted by molar-refractivity contribution is 7.99. The smallest absolute Gasteiger partial charge is 0.243 e. The number of aryl methyl sites for hydroxylation is 2. The molecule has 1 saturated heterocycles. The molecule has 1 fully saturated rings. The number of nitrogens with two attached hydrogens (primary N) is 1. The van der Waals surface area contributed by atoms with E-state index in [0.29, 0.717) is 29.2 Å². The largest absolute Gasteiger partial charge is 0.398 e. The molecule has 0 spiro atoms. The molecular weight excluding hydrogens is 292 g/mol. The molecule has 0 radical (unpaired) electrons. The normalized spacial score (nSPS) is 17.9. The van der Waals surface area contributed by atoms with Gasteiger partial charge < -0.3 is 5.73 Å². The molecule has 2 N–H and O–H groups in total. The van der Waals surface area contributed by atoms with Crippen molar-refractivity contribution in [3.63, 3.8) is 0 Å². The SMILES string of the molecule is Cc1cc(C)c(S(=O)(=O)N2CCCSCC2)c(C)c1N. The standard InChI is InChI=1S/C14H22N2O2S2/c1-10-9-11(2)14(12(3)13(10)15)20(17,18)16-5-4-7-19-8-6-16/h9H,4-8,15H2,1-3H3. The summed E-state index contributed by atoms with van der Waals surface area (Å²) in [7, 11) is -3.45. The summed E-state index contributed by atoms with van der Waals surface area (Å²) in [4.78, 5) is 0.396. The summed E-state index contributed by atoms with van der Waals surface area (Å²) in [5, 5.41) is 0. The second-order valence-corrected chi connectivity index (χ2v) is 8.35. The highest BCUT2D eigenvalue weighted by atomic mass is 32.2. The van der Waals surface area contributed by atoms with Gasteiger partial charge >= 0.3 is 0 Å². The topological polar surface area (TPSA) is 63.4 Å². The van der Waals surface area contributed by atoms with E-state index >= 15 is 0 Å². The molecule has 1 aromatic rings. The first kappa shape index (κ1) is 15.7. The fraction of sp³-hybridized carbons (Fsp3) is 0.571. The second kappa shape index (κ2) is 5.95. The molecule has 112 valence electrons. The van der Waals surface area contributed by atoms with E-state index in [1.165, 1.54) is 0 Å². The highest BCUT2D eigenvalue weighted by Gasteiger charge is 2.29. The van der Waals surface area contributed by atoms with Crippen LogP contribution in [0.2, 0.25) is 0 Å². The molecule has 4 nitrogen and oxygen atoms in total. The Hall–Kier alpha value is -0.720. The molecule has 1 heterocycles. The number of thioether (sulfide) groups is 1.